The van der Waals surface area contributed by atoms with Gasteiger partial charge in [0.1, 0.15) is 0 Å². The Balaban J connectivity index is 1.90. The molecule has 1 aliphatic carbocycles. The molecule has 0 bridgehead atoms. The molecule has 4 heteroatoms. The van der Waals surface area contributed by atoms with E-state index in [1.54, 1.807) is 11.8 Å². The third-order valence-electron chi connectivity index (χ3n) is 4.24. The summed E-state index contributed by atoms with van der Waals surface area (Å²) in [6, 6.07) is 0.236. The Labute approximate surface area is 108 Å². The summed E-state index contributed by atoms with van der Waals surface area (Å²) in [5.74, 6) is 1.95. The molecule has 1 saturated carbocycles. The molecule has 0 radical (unpaired) electrons. The molecule has 2 rings (SSSR count). The predicted molar refractivity (Wildman–Crippen MR) is 73.1 cm³/mol. The summed E-state index contributed by atoms with van der Waals surface area (Å²) in [6.45, 7) is 0.946. The minimum absolute atomic E-state index is 0.202. The van der Waals surface area contributed by atoms with Crippen LogP contribution in [0, 0.1) is 5.92 Å². The summed E-state index contributed by atoms with van der Waals surface area (Å²) in [5.41, 5.74) is 6.00. The molecule has 1 aliphatic heterocycles. The minimum atomic E-state index is -0.275. The van der Waals surface area contributed by atoms with Gasteiger partial charge in [-0.3, -0.25) is 4.79 Å². The van der Waals surface area contributed by atoms with Crippen LogP contribution in [0.2, 0.25) is 0 Å². The number of hydrogen-bond donors (Lipinski definition) is 1. The van der Waals surface area contributed by atoms with Crippen molar-refractivity contribution in [1.29, 1.82) is 0 Å². The van der Waals surface area contributed by atoms with Crippen molar-refractivity contribution in [2.45, 2.75) is 50.6 Å². The highest BCUT2D eigenvalue weighted by Gasteiger charge is 2.39. The van der Waals surface area contributed by atoms with Crippen LogP contribution >= 0.6 is 11.8 Å². The molecule has 0 aromatic rings. The first-order valence-corrected chi connectivity index (χ1v) is 8.18. The van der Waals surface area contributed by atoms with Crippen molar-refractivity contribution < 1.29 is 4.79 Å². The summed E-state index contributed by atoms with van der Waals surface area (Å²) >= 11 is 1.76. The third kappa shape index (κ3) is 2.97. The summed E-state index contributed by atoms with van der Waals surface area (Å²) in [5, 5.41) is 0. The van der Waals surface area contributed by atoms with Gasteiger partial charge < -0.3 is 10.6 Å². The summed E-state index contributed by atoms with van der Waals surface area (Å²) < 4.78 is 0. The molecule has 0 aromatic heterocycles. The lowest BCUT2D eigenvalue weighted by atomic mass is 9.85. The van der Waals surface area contributed by atoms with E-state index in [9.17, 15) is 4.79 Å². The van der Waals surface area contributed by atoms with Crippen molar-refractivity contribution in [2.75, 3.05) is 18.6 Å². The highest BCUT2D eigenvalue weighted by Crippen LogP contribution is 2.36. The summed E-state index contributed by atoms with van der Waals surface area (Å²) in [6.07, 6.45) is 9.22. The number of likely N-dealkylation sites (tertiary alicyclic amines) is 1. The molecule has 2 N–H and O–H groups in total. The first kappa shape index (κ1) is 13.2. The maximum atomic E-state index is 12.3. The molecule has 2 fully saturated rings. The van der Waals surface area contributed by atoms with Crippen LogP contribution in [0.3, 0.4) is 0 Å². The van der Waals surface area contributed by atoms with Gasteiger partial charge in [-0.2, -0.15) is 11.8 Å². The highest BCUT2D eigenvalue weighted by molar-refractivity contribution is 7.98. The molecule has 3 atom stereocenters. The van der Waals surface area contributed by atoms with Gasteiger partial charge in [0.25, 0.3) is 0 Å². The molecule has 98 valence electrons. The van der Waals surface area contributed by atoms with Crippen LogP contribution in [0.1, 0.15) is 38.5 Å². The van der Waals surface area contributed by atoms with Crippen LogP contribution in [0.25, 0.3) is 0 Å². The maximum Gasteiger partial charge on any atom is 0.239 e. The number of carbonyl (C=O) groups excluding carboxylic acids is 1. The normalized spacial score (nSPS) is 30.1. The Morgan fingerprint density at radius 1 is 1.41 bits per heavy atom. The number of nitrogens with two attached hydrogens (primary N) is 1. The molecule has 1 saturated heterocycles. The molecule has 0 aromatic carbocycles. The van der Waals surface area contributed by atoms with Crippen molar-refractivity contribution in [3.05, 3.63) is 0 Å². The number of hydrogen-bond acceptors (Lipinski definition) is 3. The maximum absolute atomic E-state index is 12.3. The quantitative estimate of drug-likeness (QED) is 0.835. The summed E-state index contributed by atoms with van der Waals surface area (Å²) in [4.78, 5) is 14.4. The van der Waals surface area contributed by atoms with Crippen LogP contribution in [0.5, 0.6) is 0 Å². The zero-order valence-electron chi connectivity index (χ0n) is 10.7. The van der Waals surface area contributed by atoms with Crippen LogP contribution in [-0.4, -0.2) is 41.4 Å². The van der Waals surface area contributed by atoms with E-state index in [0.717, 1.165) is 24.6 Å². The molecular weight excluding hydrogens is 232 g/mol. The Bertz CT molecular complexity index is 272. The standard InChI is InChI=1S/C13H24N2OS/c1-17-9-7-11(14)13(16)15-8-6-10-4-2-3-5-12(10)15/h10-12H,2-9,14H2,1H3/t10?,11-,12?/m0/s1. The Morgan fingerprint density at radius 2 is 2.18 bits per heavy atom. The second kappa shape index (κ2) is 6.10. The van der Waals surface area contributed by atoms with Crippen LogP contribution in [0.15, 0.2) is 0 Å². The van der Waals surface area contributed by atoms with Gasteiger partial charge in [0.15, 0.2) is 0 Å². The van der Waals surface area contributed by atoms with E-state index in [4.69, 9.17) is 5.73 Å². The number of thioether (sulfide) groups is 1. The van der Waals surface area contributed by atoms with Gasteiger partial charge in [-0.1, -0.05) is 12.8 Å². The first-order chi connectivity index (χ1) is 8.24. The van der Waals surface area contributed by atoms with Crippen molar-refractivity contribution >= 4 is 17.7 Å². The van der Waals surface area contributed by atoms with Crippen molar-refractivity contribution in [2.24, 2.45) is 11.7 Å². The number of fused-ring (bicyclic) bond motifs is 1. The zero-order chi connectivity index (χ0) is 12.3. The number of amides is 1. The lowest BCUT2D eigenvalue weighted by Gasteiger charge is -2.33. The molecule has 3 nitrogen and oxygen atoms in total. The van der Waals surface area contributed by atoms with Crippen LogP contribution in [-0.2, 0) is 4.79 Å². The molecule has 2 aliphatic rings. The van der Waals surface area contributed by atoms with E-state index < -0.39 is 0 Å². The van der Waals surface area contributed by atoms with Gasteiger partial charge in [0, 0.05) is 12.6 Å². The largest absolute Gasteiger partial charge is 0.338 e. The molecule has 1 heterocycles. The fraction of sp³-hybridized carbons (Fsp3) is 0.923. The van der Waals surface area contributed by atoms with Crippen LogP contribution < -0.4 is 5.73 Å². The van der Waals surface area contributed by atoms with Gasteiger partial charge in [0.2, 0.25) is 5.91 Å². The molecule has 2 unspecified atom stereocenters. The van der Waals surface area contributed by atoms with E-state index in [1.807, 2.05) is 0 Å². The molecule has 0 spiro atoms. The first-order valence-electron chi connectivity index (χ1n) is 6.79. The van der Waals surface area contributed by atoms with Gasteiger partial charge in [-0.05, 0) is 43.6 Å². The van der Waals surface area contributed by atoms with E-state index >= 15 is 0 Å². The van der Waals surface area contributed by atoms with E-state index in [0.29, 0.717) is 6.04 Å². The fourth-order valence-corrected chi connectivity index (χ4v) is 3.75. The average molecular weight is 256 g/mol. The van der Waals surface area contributed by atoms with Crippen molar-refractivity contribution in [3.63, 3.8) is 0 Å². The lowest BCUT2D eigenvalue weighted by Crippen LogP contribution is -2.47. The topological polar surface area (TPSA) is 46.3 Å². The zero-order valence-corrected chi connectivity index (χ0v) is 11.5. The molecular formula is C13H24N2OS. The van der Waals surface area contributed by atoms with Gasteiger partial charge in [-0.15, -0.1) is 0 Å². The van der Waals surface area contributed by atoms with E-state index in [-0.39, 0.29) is 11.9 Å². The monoisotopic (exact) mass is 256 g/mol. The van der Waals surface area contributed by atoms with Gasteiger partial charge >= 0.3 is 0 Å². The third-order valence-corrected chi connectivity index (χ3v) is 4.89. The van der Waals surface area contributed by atoms with Gasteiger partial charge in [0.05, 0.1) is 6.04 Å². The SMILES string of the molecule is CSCC[C@H](N)C(=O)N1CCC2CCCCC21. The number of nitrogens with zero attached hydrogens (tertiary/aromatic N) is 1. The Kier molecular flexibility index (Phi) is 4.74. The number of carbonyl (C=O) groups is 1. The Hall–Kier alpha value is -0.220. The summed E-state index contributed by atoms with van der Waals surface area (Å²) in [7, 11) is 0. The fourth-order valence-electron chi connectivity index (χ4n) is 3.26. The van der Waals surface area contributed by atoms with Gasteiger partial charge in [-0.25, -0.2) is 0 Å². The Morgan fingerprint density at radius 3 is 2.94 bits per heavy atom. The lowest BCUT2D eigenvalue weighted by molar-refractivity contribution is -0.134. The molecule has 17 heavy (non-hydrogen) atoms. The molecule has 1 amide bonds. The highest BCUT2D eigenvalue weighted by atomic mass is 32.2. The van der Waals surface area contributed by atoms with Crippen molar-refractivity contribution in [3.8, 4) is 0 Å². The van der Waals surface area contributed by atoms with E-state index in [2.05, 4.69) is 11.2 Å². The average Bonchev–Trinajstić information content (AvgIpc) is 2.78. The smallest absolute Gasteiger partial charge is 0.239 e. The second-order valence-corrected chi connectivity index (χ2v) is 6.31. The minimum Gasteiger partial charge on any atom is -0.338 e. The number of rotatable bonds is 4. The van der Waals surface area contributed by atoms with Crippen LogP contribution in [0.4, 0.5) is 0 Å². The predicted octanol–water partition coefficient (Wildman–Crippen LogP) is 1.86. The van der Waals surface area contributed by atoms with E-state index in [1.165, 1.54) is 32.1 Å². The van der Waals surface area contributed by atoms with Crippen molar-refractivity contribution in [1.82, 2.24) is 4.90 Å². The second-order valence-electron chi connectivity index (χ2n) is 5.32.